The van der Waals surface area contributed by atoms with Crippen LogP contribution in [0.2, 0.25) is 0 Å². The van der Waals surface area contributed by atoms with Crippen LogP contribution in [0.3, 0.4) is 0 Å². The van der Waals surface area contributed by atoms with Crippen LogP contribution in [0.5, 0.6) is 11.6 Å². The number of furan rings is 1. The van der Waals surface area contributed by atoms with Crippen LogP contribution in [0.4, 0.5) is 0 Å². The average molecular weight is 514 g/mol. The second-order valence-electron chi connectivity index (χ2n) is 7.72. The predicted molar refractivity (Wildman–Crippen MR) is 124 cm³/mol. The Hall–Kier alpha value is -4.31. The summed E-state index contributed by atoms with van der Waals surface area (Å²) in [6.07, 6.45) is 4.92. The molecule has 1 aromatic carbocycles. The molecule has 1 atom stereocenters. The molecule has 7 rings (SSSR count). The van der Waals surface area contributed by atoms with E-state index in [1.165, 1.54) is 6.33 Å². The van der Waals surface area contributed by atoms with Crippen LogP contribution in [0.1, 0.15) is 22.6 Å². The number of ether oxygens (including phenoxy) is 1. The van der Waals surface area contributed by atoms with Crippen molar-refractivity contribution < 1.29 is 13.6 Å². The first-order valence-corrected chi connectivity index (χ1v) is 11.1. The van der Waals surface area contributed by atoms with Gasteiger partial charge in [0.05, 0.1) is 22.4 Å². The van der Waals surface area contributed by atoms with Gasteiger partial charge < -0.3 is 13.6 Å². The van der Waals surface area contributed by atoms with Gasteiger partial charge in [0.25, 0.3) is 0 Å². The van der Waals surface area contributed by atoms with Gasteiger partial charge in [-0.3, -0.25) is 4.98 Å². The number of rotatable bonds is 2. The Kier molecular flexibility index (Phi) is 4.00. The van der Waals surface area contributed by atoms with Crippen molar-refractivity contribution in [2.24, 2.45) is 0 Å². The molecular weight excluding hydrogens is 502 g/mol. The molecule has 0 aliphatic carbocycles. The van der Waals surface area contributed by atoms with Crippen molar-refractivity contribution in [3.8, 4) is 23.2 Å². The molecule has 0 N–H and O–H groups in total. The van der Waals surface area contributed by atoms with Gasteiger partial charge in [-0.1, -0.05) is 18.2 Å². The van der Waals surface area contributed by atoms with E-state index < -0.39 is 11.5 Å². The maximum absolute atomic E-state index is 13.3. The minimum Gasteiger partial charge on any atom is -0.446 e. The zero-order chi connectivity index (χ0) is 22.8. The fourth-order valence-corrected chi connectivity index (χ4v) is 4.65. The van der Waals surface area contributed by atoms with E-state index in [0.29, 0.717) is 55.6 Å². The zero-order valence-corrected chi connectivity index (χ0v) is 18.8. The van der Waals surface area contributed by atoms with E-state index in [1.807, 2.05) is 24.3 Å². The molecule has 5 aromatic heterocycles. The summed E-state index contributed by atoms with van der Waals surface area (Å²) in [5, 5.41) is 5.20. The number of nitrogens with zero attached hydrogens (tertiary/aromatic N) is 5. The number of fused-ring (bicyclic) bond motifs is 6. The Morgan fingerprint density at radius 3 is 2.74 bits per heavy atom. The Balaban J connectivity index is 1.56. The van der Waals surface area contributed by atoms with Crippen LogP contribution in [0.25, 0.3) is 28.2 Å². The van der Waals surface area contributed by atoms with Crippen LogP contribution in [-0.2, 0) is 0 Å². The molecule has 1 unspecified atom stereocenters. The van der Waals surface area contributed by atoms with Gasteiger partial charge >= 0.3 is 5.63 Å². The molecule has 0 spiro atoms. The van der Waals surface area contributed by atoms with Crippen molar-refractivity contribution in [2.75, 3.05) is 0 Å². The molecule has 0 amide bonds. The van der Waals surface area contributed by atoms with E-state index in [1.54, 1.807) is 41.2 Å². The quantitative estimate of drug-likeness (QED) is 0.299. The Bertz CT molecular complexity index is 1790. The second kappa shape index (κ2) is 7.09. The lowest BCUT2D eigenvalue weighted by atomic mass is 9.85. The van der Waals surface area contributed by atoms with Gasteiger partial charge in [0.2, 0.25) is 11.7 Å². The van der Waals surface area contributed by atoms with Gasteiger partial charge in [-0.15, -0.1) is 5.10 Å². The highest BCUT2D eigenvalue weighted by Gasteiger charge is 2.37. The molecule has 1 aliphatic rings. The molecule has 0 saturated heterocycles. The predicted octanol–water partition coefficient (Wildman–Crippen LogP) is 4.93. The Labute approximate surface area is 198 Å². The molecule has 10 heteroatoms. The zero-order valence-electron chi connectivity index (χ0n) is 17.2. The van der Waals surface area contributed by atoms with Gasteiger partial charge in [0.15, 0.2) is 21.8 Å². The highest BCUT2D eigenvalue weighted by molar-refractivity contribution is 9.10. The normalized spacial score (nSPS) is 14.7. The van der Waals surface area contributed by atoms with Crippen molar-refractivity contribution >= 4 is 32.5 Å². The number of hydrogen-bond donors (Lipinski definition) is 0. The van der Waals surface area contributed by atoms with E-state index in [2.05, 4.69) is 31.0 Å². The maximum atomic E-state index is 13.3. The lowest BCUT2D eigenvalue weighted by molar-refractivity contribution is 0.422. The standard InChI is InChI=1S/C24H12BrN5O4/c25-16-8-7-15(32-16)21-28-22-19-17(12-4-3-9-26-10-12)18-20(34-23(19)27-11-30(22)29-21)13-5-1-2-6-14(13)33-24(18)31/h1-11,17H. The van der Waals surface area contributed by atoms with Gasteiger partial charge in [-0.05, 0) is 51.8 Å². The SMILES string of the molecule is O=c1oc2ccccc2c2c1C(c1cccnc1)c1c(ncn3nc(-c4ccc(Br)o4)nc13)O2. The number of halogens is 1. The molecule has 0 radical (unpaired) electrons. The molecule has 6 aromatic rings. The summed E-state index contributed by atoms with van der Waals surface area (Å²) in [5.41, 5.74) is 2.16. The first-order valence-electron chi connectivity index (χ1n) is 10.3. The van der Waals surface area contributed by atoms with E-state index >= 15 is 0 Å². The molecule has 1 aliphatic heterocycles. The minimum atomic E-state index is -0.579. The Morgan fingerprint density at radius 1 is 1.00 bits per heavy atom. The third-order valence-electron chi connectivity index (χ3n) is 5.77. The summed E-state index contributed by atoms with van der Waals surface area (Å²) < 4.78 is 19.7. The summed E-state index contributed by atoms with van der Waals surface area (Å²) in [4.78, 5) is 26.8. The highest BCUT2D eigenvalue weighted by atomic mass is 79.9. The lowest BCUT2D eigenvalue weighted by Gasteiger charge is -2.27. The van der Waals surface area contributed by atoms with E-state index in [-0.39, 0.29) is 0 Å². The first-order chi connectivity index (χ1) is 16.7. The number of hydrogen-bond acceptors (Lipinski definition) is 8. The highest BCUT2D eigenvalue weighted by Crippen LogP contribution is 2.48. The number of para-hydroxylation sites is 1. The van der Waals surface area contributed by atoms with Crippen LogP contribution in [-0.4, -0.2) is 24.6 Å². The minimum absolute atomic E-state index is 0.337. The van der Waals surface area contributed by atoms with Crippen LogP contribution < -0.4 is 10.4 Å². The van der Waals surface area contributed by atoms with Gasteiger partial charge in [-0.25, -0.2) is 19.3 Å². The van der Waals surface area contributed by atoms with Crippen molar-refractivity contribution in [3.63, 3.8) is 0 Å². The van der Waals surface area contributed by atoms with Gasteiger partial charge in [-0.2, -0.15) is 0 Å². The van der Waals surface area contributed by atoms with E-state index in [4.69, 9.17) is 18.6 Å². The molecule has 6 heterocycles. The van der Waals surface area contributed by atoms with Gasteiger partial charge in [0.1, 0.15) is 11.9 Å². The molecule has 9 nitrogen and oxygen atoms in total. The van der Waals surface area contributed by atoms with Crippen LogP contribution >= 0.6 is 15.9 Å². The third-order valence-corrected chi connectivity index (χ3v) is 6.20. The Morgan fingerprint density at radius 2 is 1.91 bits per heavy atom. The maximum Gasteiger partial charge on any atom is 0.344 e. The summed E-state index contributed by atoms with van der Waals surface area (Å²) in [5.74, 6) is 1.04. The van der Waals surface area contributed by atoms with Crippen molar-refractivity contribution in [1.82, 2.24) is 24.6 Å². The summed E-state index contributed by atoms with van der Waals surface area (Å²) in [6, 6.07) is 14.5. The fraction of sp³-hybridized carbons (Fsp3) is 0.0417. The van der Waals surface area contributed by atoms with Crippen molar-refractivity contribution in [2.45, 2.75) is 5.92 Å². The number of benzene rings is 1. The lowest BCUT2D eigenvalue weighted by Crippen LogP contribution is -2.22. The van der Waals surface area contributed by atoms with Gasteiger partial charge in [0, 0.05) is 12.4 Å². The van der Waals surface area contributed by atoms with Crippen LogP contribution in [0.15, 0.2) is 85.6 Å². The van der Waals surface area contributed by atoms with E-state index in [9.17, 15) is 4.79 Å². The monoisotopic (exact) mass is 513 g/mol. The number of pyridine rings is 1. The molecular formula is C24H12BrN5O4. The first kappa shape index (κ1) is 19.2. The largest absolute Gasteiger partial charge is 0.446 e. The summed E-state index contributed by atoms with van der Waals surface area (Å²) in [6.45, 7) is 0. The fourth-order valence-electron chi connectivity index (χ4n) is 4.35. The van der Waals surface area contributed by atoms with Crippen LogP contribution in [0, 0.1) is 0 Å². The summed E-state index contributed by atoms with van der Waals surface area (Å²) in [7, 11) is 0. The summed E-state index contributed by atoms with van der Waals surface area (Å²) >= 11 is 3.31. The number of aromatic nitrogens is 5. The second-order valence-corrected chi connectivity index (χ2v) is 8.50. The molecule has 164 valence electrons. The molecule has 34 heavy (non-hydrogen) atoms. The topological polar surface area (TPSA) is 109 Å². The molecule has 0 fully saturated rings. The third kappa shape index (κ3) is 2.75. The molecule has 0 bridgehead atoms. The van der Waals surface area contributed by atoms with E-state index in [0.717, 1.165) is 5.56 Å². The van der Waals surface area contributed by atoms with Crippen molar-refractivity contribution in [3.05, 3.63) is 99.0 Å². The van der Waals surface area contributed by atoms with Crippen molar-refractivity contribution in [1.29, 1.82) is 0 Å². The smallest absolute Gasteiger partial charge is 0.344 e. The average Bonchev–Trinajstić information content (AvgIpc) is 3.49. The molecule has 0 saturated carbocycles.